The topological polar surface area (TPSA) is 55.8 Å². The van der Waals surface area contributed by atoms with Gasteiger partial charge in [0.15, 0.2) is 11.5 Å². The highest BCUT2D eigenvalue weighted by atomic mass is 79.9. The first-order valence-corrected chi connectivity index (χ1v) is 14.5. The summed E-state index contributed by atoms with van der Waals surface area (Å²) in [5.41, 5.74) is 4.72. The third kappa shape index (κ3) is 4.44. The van der Waals surface area contributed by atoms with E-state index in [1.807, 2.05) is 79.7 Å². The molecule has 5 nitrogen and oxygen atoms in total. The molecule has 4 aromatic rings. The second-order valence-electron chi connectivity index (χ2n) is 9.28. The molecule has 8 heteroatoms. The molecule has 0 amide bonds. The van der Waals surface area contributed by atoms with Gasteiger partial charge in [0.25, 0.3) is 0 Å². The molecule has 0 spiro atoms. The Morgan fingerprint density at radius 2 is 1.43 bits per heavy atom. The standard InChI is InChI=1S/C29H23BrClNO4S/c1-18-2-12-23(13-3-18)37(33,34)32-16-26(19-6-10-22(31)11-7-19)24-14-27-28(36-17-35-27)15-25(24)29(32)20-4-8-21(30)9-5-20/h2-15,26,29H,16-17H2,1H3/t26-,29+/m1/s1. The van der Waals surface area contributed by atoms with Crippen LogP contribution in [0.2, 0.25) is 5.02 Å². The Labute approximate surface area is 229 Å². The smallest absolute Gasteiger partial charge is 0.243 e. The molecule has 0 saturated carbocycles. The Kier molecular flexibility index (Phi) is 6.27. The number of ether oxygens (including phenoxy) is 2. The highest BCUT2D eigenvalue weighted by Gasteiger charge is 2.42. The molecular formula is C29H23BrClNO4S. The molecule has 0 aliphatic carbocycles. The third-order valence-electron chi connectivity index (χ3n) is 6.98. The lowest BCUT2D eigenvalue weighted by Gasteiger charge is -2.41. The number of fused-ring (bicyclic) bond motifs is 2. The Morgan fingerprint density at radius 1 is 0.838 bits per heavy atom. The normalized spacial score (nSPS) is 19.0. The van der Waals surface area contributed by atoms with E-state index < -0.39 is 16.1 Å². The SMILES string of the molecule is Cc1ccc(S(=O)(=O)N2C[C@H](c3ccc(Cl)cc3)c3cc4c(cc3[C@@H]2c2ccc(Br)cc2)OCO4)cc1. The summed E-state index contributed by atoms with van der Waals surface area (Å²) in [6.07, 6.45) is 0. The molecule has 0 N–H and O–H groups in total. The molecule has 0 fully saturated rings. The van der Waals surface area contributed by atoms with Crippen LogP contribution in [-0.2, 0) is 10.0 Å². The van der Waals surface area contributed by atoms with Gasteiger partial charge in [-0.15, -0.1) is 0 Å². The fraction of sp³-hybridized carbons (Fsp3) is 0.172. The zero-order chi connectivity index (χ0) is 25.7. The van der Waals surface area contributed by atoms with E-state index in [9.17, 15) is 8.42 Å². The molecule has 0 unspecified atom stereocenters. The molecule has 2 aliphatic rings. The summed E-state index contributed by atoms with van der Waals surface area (Å²) in [4.78, 5) is 0.263. The van der Waals surface area contributed by atoms with Gasteiger partial charge in [-0.25, -0.2) is 8.42 Å². The van der Waals surface area contributed by atoms with Gasteiger partial charge in [-0.3, -0.25) is 0 Å². The van der Waals surface area contributed by atoms with Gasteiger partial charge in [0.1, 0.15) is 0 Å². The number of benzene rings is 4. The summed E-state index contributed by atoms with van der Waals surface area (Å²) >= 11 is 9.70. The van der Waals surface area contributed by atoms with Crippen molar-refractivity contribution in [1.82, 2.24) is 4.31 Å². The summed E-state index contributed by atoms with van der Waals surface area (Å²) in [7, 11) is -3.87. The molecule has 37 heavy (non-hydrogen) atoms. The first kappa shape index (κ1) is 24.5. The van der Waals surface area contributed by atoms with Gasteiger partial charge in [0.05, 0.1) is 10.9 Å². The molecule has 188 valence electrons. The maximum absolute atomic E-state index is 14.3. The molecule has 4 aromatic carbocycles. The van der Waals surface area contributed by atoms with Crippen molar-refractivity contribution in [2.45, 2.75) is 23.8 Å². The highest BCUT2D eigenvalue weighted by molar-refractivity contribution is 9.10. The fourth-order valence-corrected chi connectivity index (χ4v) is 7.10. The van der Waals surface area contributed by atoms with Gasteiger partial charge in [0.2, 0.25) is 16.8 Å². The number of nitrogens with zero attached hydrogens (tertiary/aromatic N) is 1. The Morgan fingerprint density at radius 3 is 2.08 bits per heavy atom. The Hall–Kier alpha value is -2.84. The van der Waals surface area contributed by atoms with E-state index >= 15 is 0 Å². The van der Waals surface area contributed by atoms with Crippen molar-refractivity contribution in [3.8, 4) is 11.5 Å². The highest BCUT2D eigenvalue weighted by Crippen LogP contribution is 2.49. The van der Waals surface area contributed by atoms with Gasteiger partial charge in [-0.2, -0.15) is 4.31 Å². The minimum absolute atomic E-state index is 0.137. The van der Waals surface area contributed by atoms with Crippen LogP contribution in [0.25, 0.3) is 0 Å². The van der Waals surface area contributed by atoms with Gasteiger partial charge >= 0.3 is 0 Å². The zero-order valence-electron chi connectivity index (χ0n) is 19.9. The van der Waals surface area contributed by atoms with Crippen molar-refractivity contribution < 1.29 is 17.9 Å². The molecule has 0 radical (unpaired) electrons. The van der Waals surface area contributed by atoms with Crippen molar-refractivity contribution in [2.24, 2.45) is 0 Å². The van der Waals surface area contributed by atoms with Crippen LogP contribution in [0.1, 0.15) is 39.8 Å². The number of hydrogen-bond donors (Lipinski definition) is 0. The fourth-order valence-electron chi connectivity index (χ4n) is 5.10. The maximum atomic E-state index is 14.3. The summed E-state index contributed by atoms with van der Waals surface area (Å²) in [6.45, 7) is 2.33. The van der Waals surface area contributed by atoms with Crippen molar-refractivity contribution in [2.75, 3.05) is 13.3 Å². The minimum Gasteiger partial charge on any atom is -0.454 e. The van der Waals surface area contributed by atoms with Crippen LogP contribution in [0.5, 0.6) is 11.5 Å². The molecule has 2 atom stereocenters. The van der Waals surface area contributed by atoms with Crippen LogP contribution in [0.15, 0.2) is 94.3 Å². The Bertz CT molecular complexity index is 1570. The average Bonchev–Trinajstić information content (AvgIpc) is 3.35. The number of halogens is 2. The van der Waals surface area contributed by atoms with Crippen LogP contribution in [-0.4, -0.2) is 26.1 Å². The van der Waals surface area contributed by atoms with Crippen LogP contribution < -0.4 is 9.47 Å². The lowest BCUT2D eigenvalue weighted by molar-refractivity contribution is 0.174. The average molecular weight is 597 g/mol. The molecule has 6 rings (SSSR count). The predicted molar refractivity (Wildman–Crippen MR) is 147 cm³/mol. The van der Waals surface area contributed by atoms with Gasteiger partial charge in [-0.05, 0) is 77.7 Å². The molecule has 0 bridgehead atoms. The molecule has 0 aromatic heterocycles. The Balaban J connectivity index is 1.59. The summed E-state index contributed by atoms with van der Waals surface area (Å²) in [5.74, 6) is 1.06. The van der Waals surface area contributed by atoms with E-state index in [1.165, 1.54) is 0 Å². The molecule has 0 saturated heterocycles. The second kappa shape index (κ2) is 9.48. The monoisotopic (exact) mass is 595 g/mol. The number of rotatable bonds is 4. The van der Waals surface area contributed by atoms with Crippen LogP contribution in [0, 0.1) is 6.92 Å². The van der Waals surface area contributed by atoms with E-state index in [1.54, 1.807) is 16.4 Å². The van der Waals surface area contributed by atoms with Crippen molar-refractivity contribution in [3.05, 3.63) is 122 Å². The lowest BCUT2D eigenvalue weighted by Crippen LogP contribution is -2.42. The van der Waals surface area contributed by atoms with Gasteiger partial charge in [-0.1, -0.05) is 69.5 Å². The van der Waals surface area contributed by atoms with Gasteiger partial charge in [0, 0.05) is 22.0 Å². The number of aryl methyl sites for hydroxylation is 1. The molecule has 2 heterocycles. The quantitative estimate of drug-likeness (QED) is 0.253. The largest absolute Gasteiger partial charge is 0.454 e. The predicted octanol–water partition coefficient (Wildman–Crippen LogP) is 7.07. The maximum Gasteiger partial charge on any atom is 0.243 e. The first-order valence-electron chi connectivity index (χ1n) is 11.8. The van der Waals surface area contributed by atoms with Crippen LogP contribution in [0.4, 0.5) is 0 Å². The molecule has 2 aliphatic heterocycles. The molecular weight excluding hydrogens is 574 g/mol. The summed E-state index contributed by atoms with van der Waals surface area (Å²) in [5, 5.41) is 0.627. The van der Waals surface area contributed by atoms with Gasteiger partial charge < -0.3 is 9.47 Å². The third-order valence-corrected chi connectivity index (χ3v) is 9.61. The van der Waals surface area contributed by atoms with E-state index in [2.05, 4.69) is 15.9 Å². The van der Waals surface area contributed by atoms with E-state index in [-0.39, 0.29) is 24.2 Å². The number of sulfonamides is 1. The van der Waals surface area contributed by atoms with Crippen LogP contribution in [0.3, 0.4) is 0 Å². The van der Waals surface area contributed by atoms with E-state index in [0.29, 0.717) is 16.5 Å². The first-order chi connectivity index (χ1) is 17.8. The lowest BCUT2D eigenvalue weighted by atomic mass is 9.80. The number of hydrogen-bond acceptors (Lipinski definition) is 4. The summed E-state index contributed by atoms with van der Waals surface area (Å²) in [6, 6.07) is 25.8. The van der Waals surface area contributed by atoms with E-state index in [0.717, 1.165) is 32.3 Å². The summed E-state index contributed by atoms with van der Waals surface area (Å²) < 4.78 is 42.5. The van der Waals surface area contributed by atoms with Crippen LogP contribution >= 0.6 is 27.5 Å². The van der Waals surface area contributed by atoms with Crippen molar-refractivity contribution in [1.29, 1.82) is 0 Å². The minimum atomic E-state index is -3.87. The van der Waals surface area contributed by atoms with Crippen molar-refractivity contribution in [3.63, 3.8) is 0 Å². The van der Waals surface area contributed by atoms with E-state index in [4.69, 9.17) is 21.1 Å². The zero-order valence-corrected chi connectivity index (χ0v) is 23.1. The van der Waals surface area contributed by atoms with Crippen molar-refractivity contribution >= 4 is 37.6 Å². The second-order valence-corrected chi connectivity index (χ2v) is 12.5.